The molecule has 4 rings (SSSR count). The lowest BCUT2D eigenvalue weighted by Gasteiger charge is -2.16. The molecule has 1 aliphatic carbocycles. The van der Waals surface area contributed by atoms with E-state index in [1.807, 2.05) is 0 Å². The zero-order chi connectivity index (χ0) is 23.2. The maximum atomic E-state index is 13.6. The summed E-state index contributed by atoms with van der Waals surface area (Å²) in [5.74, 6) is 0.762. The number of carbonyl (C=O) groups is 1. The average molecular weight is 494 g/mol. The molecule has 1 unspecified atom stereocenters. The van der Waals surface area contributed by atoms with Crippen molar-refractivity contribution in [3.8, 4) is 0 Å². The highest BCUT2D eigenvalue weighted by Crippen LogP contribution is 2.35. The van der Waals surface area contributed by atoms with E-state index in [0.717, 1.165) is 55.3 Å². The number of hydrogen-bond acceptors (Lipinski definition) is 7. The Balaban J connectivity index is 1.44. The van der Waals surface area contributed by atoms with Crippen molar-refractivity contribution in [2.45, 2.75) is 76.6 Å². The van der Waals surface area contributed by atoms with Gasteiger partial charge in [0, 0.05) is 24.6 Å². The molecule has 33 heavy (non-hydrogen) atoms. The molecule has 2 aliphatic rings. The van der Waals surface area contributed by atoms with E-state index in [0.29, 0.717) is 37.4 Å². The van der Waals surface area contributed by atoms with Crippen molar-refractivity contribution in [2.24, 2.45) is 5.92 Å². The summed E-state index contributed by atoms with van der Waals surface area (Å²) in [4.78, 5) is 33.0. The quantitative estimate of drug-likeness (QED) is 0.291. The van der Waals surface area contributed by atoms with Crippen LogP contribution < -0.4 is 10.9 Å². The van der Waals surface area contributed by atoms with Crippen LogP contribution in [0.25, 0.3) is 10.2 Å². The minimum absolute atomic E-state index is 0.0244. The van der Waals surface area contributed by atoms with Crippen molar-refractivity contribution in [1.29, 1.82) is 0 Å². The van der Waals surface area contributed by atoms with E-state index in [1.165, 1.54) is 28.6 Å². The Kier molecular flexibility index (Phi) is 8.85. The minimum Gasteiger partial charge on any atom is -0.380 e. The van der Waals surface area contributed by atoms with Crippen LogP contribution in [0, 0.1) is 5.92 Å². The third-order valence-electron chi connectivity index (χ3n) is 6.19. The van der Waals surface area contributed by atoms with Crippen molar-refractivity contribution in [3.63, 3.8) is 0 Å². The van der Waals surface area contributed by atoms with E-state index < -0.39 is 0 Å². The van der Waals surface area contributed by atoms with Crippen LogP contribution in [0.2, 0.25) is 0 Å². The van der Waals surface area contributed by atoms with Crippen LogP contribution in [-0.2, 0) is 33.7 Å². The Morgan fingerprint density at radius 1 is 1.30 bits per heavy atom. The molecule has 0 spiro atoms. The molecule has 182 valence electrons. The van der Waals surface area contributed by atoms with Gasteiger partial charge in [-0.2, -0.15) is 0 Å². The first kappa shape index (κ1) is 24.7. The molecular weight excluding hydrogens is 458 g/mol. The van der Waals surface area contributed by atoms with Gasteiger partial charge in [-0.25, -0.2) is 4.98 Å². The summed E-state index contributed by atoms with van der Waals surface area (Å²) in [5.41, 5.74) is 1.22. The van der Waals surface area contributed by atoms with Gasteiger partial charge in [-0.3, -0.25) is 14.2 Å². The molecule has 1 N–H and O–H groups in total. The fourth-order valence-corrected chi connectivity index (χ4v) is 6.49. The van der Waals surface area contributed by atoms with Crippen LogP contribution >= 0.6 is 23.1 Å². The maximum absolute atomic E-state index is 13.6. The van der Waals surface area contributed by atoms with E-state index in [2.05, 4.69) is 19.2 Å². The Morgan fingerprint density at radius 3 is 2.94 bits per heavy atom. The molecule has 7 nitrogen and oxygen atoms in total. The number of fused-ring (bicyclic) bond motifs is 3. The summed E-state index contributed by atoms with van der Waals surface area (Å²) in [6.07, 6.45) is 7.32. The van der Waals surface area contributed by atoms with Crippen molar-refractivity contribution < 1.29 is 14.3 Å². The Labute approximate surface area is 203 Å². The summed E-state index contributed by atoms with van der Waals surface area (Å²) < 4.78 is 13.1. The second kappa shape index (κ2) is 11.8. The highest BCUT2D eigenvalue weighted by molar-refractivity contribution is 7.99. The van der Waals surface area contributed by atoms with Gasteiger partial charge in [0.05, 0.1) is 30.4 Å². The average Bonchev–Trinajstić information content (AvgIpc) is 3.44. The largest absolute Gasteiger partial charge is 0.380 e. The number of thiophene rings is 1. The summed E-state index contributed by atoms with van der Waals surface area (Å²) >= 11 is 2.99. The number of thioether (sulfide) groups is 1. The molecule has 9 heteroatoms. The molecule has 2 aromatic rings. The molecule has 2 aromatic heterocycles. The number of amides is 1. The number of aryl methyl sites for hydroxylation is 2. The number of aromatic nitrogens is 2. The topological polar surface area (TPSA) is 82.5 Å². The normalized spacial score (nSPS) is 18.2. The number of nitrogens with zero attached hydrogens (tertiary/aromatic N) is 2. The molecule has 1 fully saturated rings. The first-order valence-electron chi connectivity index (χ1n) is 12.2. The molecule has 0 radical (unpaired) electrons. The number of rotatable bonds is 11. The summed E-state index contributed by atoms with van der Waals surface area (Å²) in [5, 5.41) is 4.31. The van der Waals surface area contributed by atoms with Gasteiger partial charge in [-0.15, -0.1) is 11.3 Å². The fourth-order valence-electron chi connectivity index (χ4n) is 4.35. The van der Waals surface area contributed by atoms with Gasteiger partial charge in [0.1, 0.15) is 4.83 Å². The standard InChI is InChI=1S/C24H35N3O4S2/c1-16(2)9-12-30-13-10-25-20(28)15-32-24-26-22-21(18-7-3-4-8-19(18)33-22)23(29)27(24)14-17-6-5-11-31-17/h16-17H,3-15H2,1-2H3,(H,25,28). The van der Waals surface area contributed by atoms with Crippen LogP contribution in [-0.4, -0.2) is 53.7 Å². The molecule has 1 aliphatic heterocycles. The molecular formula is C24H35N3O4S2. The highest BCUT2D eigenvalue weighted by atomic mass is 32.2. The second-order valence-electron chi connectivity index (χ2n) is 9.27. The van der Waals surface area contributed by atoms with Gasteiger partial charge in [0.2, 0.25) is 5.91 Å². The lowest BCUT2D eigenvalue weighted by molar-refractivity contribution is -0.118. The third kappa shape index (κ3) is 6.38. The smallest absolute Gasteiger partial charge is 0.263 e. The van der Waals surface area contributed by atoms with Gasteiger partial charge < -0.3 is 14.8 Å². The van der Waals surface area contributed by atoms with Crippen LogP contribution in [0.1, 0.15) is 56.4 Å². The molecule has 1 atom stereocenters. The van der Waals surface area contributed by atoms with E-state index in [4.69, 9.17) is 14.5 Å². The lowest BCUT2D eigenvalue weighted by atomic mass is 9.97. The first-order chi connectivity index (χ1) is 16.0. The SMILES string of the molecule is CC(C)CCOCCNC(=O)CSc1nc2sc3c(c2c(=O)n1CC1CCCO1)CCCC3. The number of hydrogen-bond donors (Lipinski definition) is 1. The predicted molar refractivity (Wildman–Crippen MR) is 134 cm³/mol. The molecule has 3 heterocycles. The zero-order valence-electron chi connectivity index (χ0n) is 19.7. The van der Waals surface area contributed by atoms with E-state index in [-0.39, 0.29) is 23.3 Å². The maximum Gasteiger partial charge on any atom is 0.263 e. The van der Waals surface area contributed by atoms with Crippen molar-refractivity contribution >= 4 is 39.2 Å². The van der Waals surface area contributed by atoms with Crippen LogP contribution in [0.15, 0.2) is 9.95 Å². The fraction of sp³-hybridized carbons (Fsp3) is 0.708. The molecule has 1 saturated heterocycles. The lowest BCUT2D eigenvalue weighted by Crippen LogP contribution is -2.31. The number of carbonyl (C=O) groups excluding carboxylic acids is 1. The molecule has 0 bridgehead atoms. The van der Waals surface area contributed by atoms with Gasteiger partial charge >= 0.3 is 0 Å². The van der Waals surface area contributed by atoms with Crippen molar-refractivity contribution in [1.82, 2.24) is 14.9 Å². The summed E-state index contributed by atoms with van der Waals surface area (Å²) in [7, 11) is 0. The Morgan fingerprint density at radius 2 is 2.15 bits per heavy atom. The van der Waals surface area contributed by atoms with Gasteiger partial charge in [-0.05, 0) is 56.4 Å². The molecule has 0 saturated carbocycles. The third-order valence-corrected chi connectivity index (χ3v) is 8.35. The highest BCUT2D eigenvalue weighted by Gasteiger charge is 2.25. The number of ether oxygens (including phenoxy) is 2. The van der Waals surface area contributed by atoms with E-state index >= 15 is 0 Å². The number of nitrogens with one attached hydrogen (secondary N) is 1. The van der Waals surface area contributed by atoms with Gasteiger partial charge in [-0.1, -0.05) is 25.6 Å². The zero-order valence-corrected chi connectivity index (χ0v) is 21.3. The summed E-state index contributed by atoms with van der Waals surface area (Å²) in [6, 6.07) is 0. The van der Waals surface area contributed by atoms with Crippen molar-refractivity contribution in [3.05, 3.63) is 20.8 Å². The summed E-state index contributed by atoms with van der Waals surface area (Å²) in [6.45, 7) is 7.29. The van der Waals surface area contributed by atoms with Crippen LogP contribution in [0.5, 0.6) is 0 Å². The monoisotopic (exact) mass is 493 g/mol. The van der Waals surface area contributed by atoms with Gasteiger partial charge in [0.15, 0.2) is 5.16 Å². The Hall–Kier alpha value is -1.42. The molecule has 1 amide bonds. The van der Waals surface area contributed by atoms with E-state index in [9.17, 15) is 9.59 Å². The Bertz CT molecular complexity index is 1010. The van der Waals surface area contributed by atoms with Gasteiger partial charge in [0.25, 0.3) is 5.56 Å². The second-order valence-corrected chi connectivity index (χ2v) is 11.3. The van der Waals surface area contributed by atoms with Crippen molar-refractivity contribution in [2.75, 3.05) is 32.1 Å². The van der Waals surface area contributed by atoms with Crippen LogP contribution in [0.4, 0.5) is 0 Å². The van der Waals surface area contributed by atoms with Crippen LogP contribution in [0.3, 0.4) is 0 Å². The minimum atomic E-state index is -0.0732. The van der Waals surface area contributed by atoms with E-state index in [1.54, 1.807) is 15.9 Å². The molecule has 0 aromatic carbocycles. The predicted octanol–water partition coefficient (Wildman–Crippen LogP) is 3.79. The first-order valence-corrected chi connectivity index (χ1v) is 14.0.